The number of thiazole rings is 1. The maximum Gasteiger partial charge on any atom is 0.391 e. The smallest absolute Gasteiger partial charge is 0.348 e. The molecule has 4 rings (SSSR count). The van der Waals surface area contributed by atoms with Gasteiger partial charge in [0.1, 0.15) is 0 Å². The van der Waals surface area contributed by atoms with Gasteiger partial charge in [0.15, 0.2) is 5.13 Å². The molecule has 0 aliphatic carbocycles. The number of carbonyl (C=O) groups excluding carboxylic acids is 1. The van der Waals surface area contributed by atoms with Crippen molar-refractivity contribution in [2.75, 3.05) is 23.3 Å². The Bertz CT molecular complexity index is 917. The highest BCUT2D eigenvalue weighted by molar-refractivity contribution is 7.16. The lowest BCUT2D eigenvalue weighted by molar-refractivity contribution is -0.179. The van der Waals surface area contributed by atoms with Gasteiger partial charge in [-0.15, -0.1) is 0 Å². The second-order valence-electron chi connectivity index (χ2n) is 6.55. The molecule has 27 heavy (non-hydrogen) atoms. The molecule has 1 aromatic heterocycles. The number of alkyl halides is 3. The molecule has 2 aliphatic rings. The molecule has 1 aromatic carbocycles. The number of nitrogens with zero attached hydrogens (tertiary/aromatic N) is 2. The Kier molecular flexibility index (Phi) is 4.63. The Labute approximate surface area is 162 Å². The number of piperidine rings is 1. The van der Waals surface area contributed by atoms with E-state index in [0.717, 1.165) is 10.4 Å². The largest absolute Gasteiger partial charge is 0.391 e. The molecule has 2 aliphatic heterocycles. The number of benzene rings is 1. The fourth-order valence-electron chi connectivity index (χ4n) is 3.33. The van der Waals surface area contributed by atoms with E-state index in [0.29, 0.717) is 34.5 Å². The summed E-state index contributed by atoms with van der Waals surface area (Å²) in [5.74, 6) is -1.45. The lowest BCUT2D eigenvalue weighted by atomic mass is 9.97. The van der Waals surface area contributed by atoms with Gasteiger partial charge in [0.25, 0.3) is 5.91 Å². The maximum atomic E-state index is 12.8. The summed E-state index contributed by atoms with van der Waals surface area (Å²) in [6, 6.07) is 5.18. The Morgan fingerprint density at radius 3 is 2.74 bits per heavy atom. The third-order valence-corrected chi connectivity index (χ3v) is 6.03. The molecule has 142 valence electrons. The van der Waals surface area contributed by atoms with Gasteiger partial charge in [0, 0.05) is 40.4 Å². The summed E-state index contributed by atoms with van der Waals surface area (Å²) in [4.78, 5) is 19.2. The number of hydrogen-bond donors (Lipinski definition) is 1. The van der Waals surface area contributed by atoms with Crippen LogP contribution in [0.5, 0.6) is 0 Å². The SMILES string of the molecule is O=C1Nc2ccc(Cl)cc2/C1=C/c1cnc(N2CCC(C(F)(F)F)CC2)s1. The monoisotopic (exact) mass is 413 g/mol. The van der Waals surface area contributed by atoms with E-state index in [1.165, 1.54) is 11.3 Å². The van der Waals surface area contributed by atoms with Crippen molar-refractivity contribution >= 4 is 51.3 Å². The second-order valence-corrected chi connectivity index (χ2v) is 8.03. The Balaban J connectivity index is 1.52. The Morgan fingerprint density at radius 2 is 2.04 bits per heavy atom. The predicted molar refractivity (Wildman–Crippen MR) is 101 cm³/mol. The van der Waals surface area contributed by atoms with E-state index >= 15 is 0 Å². The maximum absolute atomic E-state index is 12.8. The molecule has 1 fully saturated rings. The van der Waals surface area contributed by atoms with Crippen molar-refractivity contribution in [1.29, 1.82) is 0 Å². The number of amides is 1. The number of anilines is 2. The van der Waals surface area contributed by atoms with Crippen LogP contribution in [-0.2, 0) is 4.79 Å². The van der Waals surface area contributed by atoms with Crippen LogP contribution in [0.1, 0.15) is 23.3 Å². The minimum absolute atomic E-state index is 0.0772. The lowest BCUT2D eigenvalue weighted by Gasteiger charge is -2.32. The van der Waals surface area contributed by atoms with Crippen molar-refractivity contribution in [3.8, 4) is 0 Å². The van der Waals surface area contributed by atoms with Crippen LogP contribution in [0.15, 0.2) is 24.4 Å². The summed E-state index contributed by atoms with van der Waals surface area (Å²) in [7, 11) is 0. The van der Waals surface area contributed by atoms with E-state index in [1.54, 1.807) is 30.5 Å². The molecule has 1 N–H and O–H groups in total. The summed E-state index contributed by atoms with van der Waals surface area (Å²) in [6.07, 6.45) is -0.601. The highest BCUT2D eigenvalue weighted by Crippen LogP contribution is 2.38. The average molecular weight is 414 g/mol. The Hall–Kier alpha value is -2.06. The number of fused-ring (bicyclic) bond motifs is 1. The fraction of sp³-hybridized carbons (Fsp3) is 0.333. The van der Waals surface area contributed by atoms with Gasteiger partial charge in [-0.05, 0) is 37.1 Å². The van der Waals surface area contributed by atoms with Gasteiger partial charge in [-0.25, -0.2) is 4.98 Å². The first-order valence-electron chi connectivity index (χ1n) is 8.42. The summed E-state index contributed by atoms with van der Waals surface area (Å²) in [5.41, 5.74) is 1.93. The molecule has 0 unspecified atom stereocenters. The van der Waals surface area contributed by atoms with Gasteiger partial charge < -0.3 is 10.2 Å². The van der Waals surface area contributed by atoms with Crippen LogP contribution < -0.4 is 10.2 Å². The highest BCUT2D eigenvalue weighted by Gasteiger charge is 2.41. The van der Waals surface area contributed by atoms with Gasteiger partial charge in [-0.2, -0.15) is 13.2 Å². The average Bonchev–Trinajstić information content (AvgIpc) is 3.20. The first kappa shape index (κ1) is 18.3. The third kappa shape index (κ3) is 3.68. The summed E-state index contributed by atoms with van der Waals surface area (Å²) < 4.78 is 38.4. The normalized spacial score (nSPS) is 19.5. The summed E-state index contributed by atoms with van der Waals surface area (Å²) in [5, 5.41) is 3.99. The quantitative estimate of drug-likeness (QED) is 0.699. The van der Waals surface area contributed by atoms with Gasteiger partial charge in [-0.1, -0.05) is 22.9 Å². The van der Waals surface area contributed by atoms with E-state index in [9.17, 15) is 18.0 Å². The first-order chi connectivity index (χ1) is 12.8. The number of aromatic nitrogens is 1. The molecule has 3 heterocycles. The number of carbonyl (C=O) groups is 1. The minimum Gasteiger partial charge on any atom is -0.348 e. The molecule has 0 spiro atoms. The molecule has 0 atom stereocenters. The van der Waals surface area contributed by atoms with Crippen LogP contribution in [0.4, 0.5) is 24.0 Å². The molecule has 1 saturated heterocycles. The second kappa shape index (κ2) is 6.83. The summed E-state index contributed by atoms with van der Waals surface area (Å²) in [6.45, 7) is 0.652. The topological polar surface area (TPSA) is 45.2 Å². The molecule has 4 nitrogen and oxygen atoms in total. The van der Waals surface area contributed by atoms with Crippen LogP contribution in [0.25, 0.3) is 11.6 Å². The van der Waals surface area contributed by atoms with Crippen LogP contribution in [-0.4, -0.2) is 30.2 Å². The van der Waals surface area contributed by atoms with E-state index < -0.39 is 12.1 Å². The van der Waals surface area contributed by atoms with E-state index in [2.05, 4.69) is 10.3 Å². The first-order valence-corrected chi connectivity index (χ1v) is 9.61. The zero-order valence-electron chi connectivity index (χ0n) is 14.0. The van der Waals surface area contributed by atoms with E-state index in [1.807, 2.05) is 4.90 Å². The zero-order valence-corrected chi connectivity index (χ0v) is 15.6. The molecule has 0 saturated carbocycles. The molecular weight excluding hydrogens is 399 g/mol. The number of rotatable bonds is 2. The van der Waals surface area contributed by atoms with Crippen molar-refractivity contribution in [1.82, 2.24) is 4.98 Å². The number of nitrogens with one attached hydrogen (secondary N) is 1. The van der Waals surface area contributed by atoms with Crippen LogP contribution in [0.3, 0.4) is 0 Å². The van der Waals surface area contributed by atoms with Gasteiger partial charge in [0.05, 0.1) is 11.5 Å². The van der Waals surface area contributed by atoms with E-state index in [4.69, 9.17) is 11.6 Å². The molecule has 0 radical (unpaired) electrons. The predicted octanol–water partition coefficient (Wildman–Crippen LogP) is 5.07. The van der Waals surface area contributed by atoms with Crippen molar-refractivity contribution in [2.24, 2.45) is 5.92 Å². The van der Waals surface area contributed by atoms with Crippen molar-refractivity contribution in [2.45, 2.75) is 19.0 Å². The standard InChI is InChI=1S/C18H15ClF3N3OS/c19-11-1-2-15-13(7-11)14(16(26)24-15)8-12-9-23-17(27-12)25-5-3-10(4-6-25)18(20,21)22/h1-2,7-10H,3-6H2,(H,24,26)/b14-8-. The van der Waals surface area contributed by atoms with Crippen molar-refractivity contribution in [3.63, 3.8) is 0 Å². The highest BCUT2D eigenvalue weighted by atomic mass is 35.5. The minimum atomic E-state index is -4.13. The number of halogens is 4. The molecular formula is C18H15ClF3N3OS. The van der Waals surface area contributed by atoms with Crippen molar-refractivity contribution < 1.29 is 18.0 Å². The molecule has 0 bridgehead atoms. The summed E-state index contributed by atoms with van der Waals surface area (Å²) >= 11 is 7.39. The van der Waals surface area contributed by atoms with Gasteiger partial charge >= 0.3 is 6.18 Å². The van der Waals surface area contributed by atoms with Crippen LogP contribution >= 0.6 is 22.9 Å². The third-order valence-electron chi connectivity index (χ3n) is 4.79. The van der Waals surface area contributed by atoms with Gasteiger partial charge in [0.2, 0.25) is 0 Å². The van der Waals surface area contributed by atoms with Crippen LogP contribution in [0, 0.1) is 5.92 Å². The van der Waals surface area contributed by atoms with E-state index in [-0.39, 0.29) is 18.7 Å². The zero-order chi connectivity index (χ0) is 19.2. The fourth-order valence-corrected chi connectivity index (χ4v) is 4.42. The van der Waals surface area contributed by atoms with Gasteiger partial charge in [-0.3, -0.25) is 4.79 Å². The lowest BCUT2D eigenvalue weighted by Crippen LogP contribution is -2.38. The molecule has 2 aromatic rings. The number of hydrogen-bond acceptors (Lipinski definition) is 4. The van der Waals surface area contributed by atoms with Crippen LogP contribution in [0.2, 0.25) is 5.02 Å². The van der Waals surface area contributed by atoms with Crippen molar-refractivity contribution in [3.05, 3.63) is 39.9 Å². The Morgan fingerprint density at radius 1 is 1.30 bits per heavy atom. The molecule has 1 amide bonds. The molecule has 9 heteroatoms.